The predicted molar refractivity (Wildman–Crippen MR) is 66.3 cm³/mol. The fourth-order valence-electron chi connectivity index (χ4n) is 2.80. The second-order valence-corrected chi connectivity index (χ2v) is 5.14. The monoisotopic (exact) mass is 234 g/mol. The number of nitrogens with one attached hydrogen (secondary N) is 1. The van der Waals surface area contributed by atoms with E-state index >= 15 is 0 Å². The van der Waals surface area contributed by atoms with Crippen LogP contribution in [0.3, 0.4) is 0 Å². The number of rotatable bonds is 1. The average molecular weight is 235 g/mol. The summed E-state index contributed by atoms with van der Waals surface area (Å²) < 4.78 is 0. The minimum absolute atomic E-state index is 0.711. The van der Waals surface area contributed by atoms with E-state index < -0.39 is 0 Å². The van der Waals surface area contributed by atoms with E-state index in [0.29, 0.717) is 5.92 Å². The van der Waals surface area contributed by atoms with Crippen molar-refractivity contribution in [3.05, 3.63) is 35.1 Å². The quantitative estimate of drug-likeness (QED) is 0.808. The Morgan fingerprint density at radius 2 is 2.31 bits per heavy atom. The van der Waals surface area contributed by atoms with E-state index in [2.05, 4.69) is 16.4 Å². The third-order valence-corrected chi connectivity index (χ3v) is 3.86. The van der Waals surface area contributed by atoms with Crippen LogP contribution in [-0.4, -0.2) is 18.1 Å². The summed E-state index contributed by atoms with van der Waals surface area (Å²) in [6, 6.07) is 2.02. The highest BCUT2D eigenvalue weighted by atomic mass is 35.5. The number of aromatic nitrogens is 1. The number of fused-ring (bicyclic) bond motifs is 1. The van der Waals surface area contributed by atoms with E-state index in [4.69, 9.17) is 11.6 Å². The summed E-state index contributed by atoms with van der Waals surface area (Å²) in [5.74, 6) is 1.54. The van der Waals surface area contributed by atoms with Crippen LogP contribution in [0.4, 0.5) is 0 Å². The number of hydrogen-bond acceptors (Lipinski definition) is 2. The van der Waals surface area contributed by atoms with Gasteiger partial charge in [0.25, 0.3) is 0 Å². The normalized spacial score (nSPS) is 28.7. The van der Waals surface area contributed by atoms with E-state index in [0.717, 1.165) is 24.0 Å². The van der Waals surface area contributed by atoms with Crippen LogP contribution in [0.25, 0.3) is 5.57 Å². The maximum atomic E-state index is 5.97. The number of nitrogens with zero attached hydrogens (tertiary/aromatic N) is 1. The summed E-state index contributed by atoms with van der Waals surface area (Å²) >= 11 is 5.97. The highest BCUT2D eigenvalue weighted by Crippen LogP contribution is 2.39. The molecule has 0 aromatic carbocycles. The lowest BCUT2D eigenvalue weighted by atomic mass is 9.89. The van der Waals surface area contributed by atoms with E-state index in [1.54, 1.807) is 6.20 Å². The van der Waals surface area contributed by atoms with E-state index in [1.165, 1.54) is 24.0 Å². The number of allylic oxidation sites excluding steroid dienone is 1. The topological polar surface area (TPSA) is 24.9 Å². The summed E-state index contributed by atoms with van der Waals surface area (Å²) in [4.78, 5) is 4.16. The summed E-state index contributed by atoms with van der Waals surface area (Å²) in [5, 5.41) is 4.18. The summed E-state index contributed by atoms with van der Waals surface area (Å²) in [5.41, 5.74) is 2.62. The van der Waals surface area contributed by atoms with Crippen molar-refractivity contribution in [3.63, 3.8) is 0 Å². The predicted octanol–water partition coefficient (Wildman–Crippen LogP) is 2.75. The Morgan fingerprint density at radius 1 is 1.38 bits per heavy atom. The molecule has 1 N–H and O–H groups in total. The van der Waals surface area contributed by atoms with Crippen LogP contribution in [-0.2, 0) is 0 Å². The first-order valence-electron chi connectivity index (χ1n) is 5.85. The average Bonchev–Trinajstić information content (AvgIpc) is 2.72. The van der Waals surface area contributed by atoms with Gasteiger partial charge in [-0.25, -0.2) is 0 Å². The van der Waals surface area contributed by atoms with Crippen LogP contribution in [0, 0.1) is 11.8 Å². The number of hydrogen-bond donors (Lipinski definition) is 1. The molecule has 1 aliphatic heterocycles. The SMILES string of the molecule is Clc1cncc(C2=CC3CNCCC3C2)c1. The smallest absolute Gasteiger partial charge is 0.0595 e. The number of halogens is 1. The summed E-state index contributed by atoms with van der Waals surface area (Å²) in [6.07, 6.45) is 8.49. The Labute approximate surface area is 101 Å². The molecule has 0 bridgehead atoms. The van der Waals surface area contributed by atoms with Crippen molar-refractivity contribution >= 4 is 17.2 Å². The Balaban J connectivity index is 1.86. The van der Waals surface area contributed by atoms with Crippen molar-refractivity contribution in [2.24, 2.45) is 11.8 Å². The maximum absolute atomic E-state index is 5.97. The van der Waals surface area contributed by atoms with Gasteiger partial charge in [0.05, 0.1) is 5.02 Å². The molecule has 2 heterocycles. The fourth-order valence-corrected chi connectivity index (χ4v) is 2.97. The highest BCUT2D eigenvalue weighted by Gasteiger charge is 2.30. The van der Waals surface area contributed by atoms with Gasteiger partial charge in [0.1, 0.15) is 0 Å². The van der Waals surface area contributed by atoms with Gasteiger partial charge >= 0.3 is 0 Å². The molecule has 1 aliphatic carbocycles. The Bertz CT molecular complexity index is 428. The van der Waals surface area contributed by atoms with E-state index in [-0.39, 0.29) is 0 Å². The van der Waals surface area contributed by atoms with Crippen LogP contribution in [0.2, 0.25) is 5.02 Å². The van der Waals surface area contributed by atoms with Gasteiger partial charge in [0.2, 0.25) is 0 Å². The fraction of sp³-hybridized carbons (Fsp3) is 0.462. The first-order chi connectivity index (χ1) is 7.83. The molecule has 2 unspecified atom stereocenters. The number of pyridine rings is 1. The molecule has 0 amide bonds. The Kier molecular flexibility index (Phi) is 2.70. The molecule has 1 aromatic heterocycles. The third-order valence-electron chi connectivity index (χ3n) is 3.65. The zero-order valence-corrected chi connectivity index (χ0v) is 9.87. The molecule has 3 rings (SSSR count). The van der Waals surface area contributed by atoms with Crippen LogP contribution in [0.15, 0.2) is 24.5 Å². The van der Waals surface area contributed by atoms with Gasteiger partial charge in [-0.3, -0.25) is 4.98 Å². The second-order valence-electron chi connectivity index (χ2n) is 4.70. The van der Waals surface area contributed by atoms with Crippen molar-refractivity contribution in [2.45, 2.75) is 12.8 Å². The van der Waals surface area contributed by atoms with Crippen LogP contribution < -0.4 is 5.32 Å². The molecule has 1 aromatic rings. The van der Waals surface area contributed by atoms with Gasteiger partial charge in [-0.15, -0.1) is 0 Å². The molecular formula is C13H15ClN2. The summed E-state index contributed by atoms with van der Waals surface area (Å²) in [6.45, 7) is 2.29. The maximum Gasteiger partial charge on any atom is 0.0595 e. The first kappa shape index (κ1) is 10.3. The Morgan fingerprint density at radius 3 is 3.12 bits per heavy atom. The van der Waals surface area contributed by atoms with Crippen LogP contribution in [0.1, 0.15) is 18.4 Å². The molecule has 3 heteroatoms. The zero-order chi connectivity index (χ0) is 11.0. The van der Waals surface area contributed by atoms with Crippen molar-refractivity contribution in [3.8, 4) is 0 Å². The standard InChI is InChI=1S/C13H15ClN2/c14-13-5-12(7-16-8-13)10-3-9-1-2-15-6-11(9)4-10/h4-5,7-9,11,15H,1-3,6H2. The van der Waals surface area contributed by atoms with Crippen LogP contribution in [0.5, 0.6) is 0 Å². The first-order valence-corrected chi connectivity index (χ1v) is 6.23. The highest BCUT2D eigenvalue weighted by molar-refractivity contribution is 6.30. The van der Waals surface area contributed by atoms with Gasteiger partial charge in [-0.05, 0) is 48.4 Å². The molecule has 2 aliphatic rings. The molecule has 1 fully saturated rings. The van der Waals surface area contributed by atoms with Gasteiger partial charge in [0.15, 0.2) is 0 Å². The minimum atomic E-state index is 0.711. The molecule has 16 heavy (non-hydrogen) atoms. The van der Waals surface area contributed by atoms with Gasteiger partial charge in [0, 0.05) is 18.9 Å². The lowest BCUT2D eigenvalue weighted by Gasteiger charge is -2.25. The van der Waals surface area contributed by atoms with Crippen molar-refractivity contribution in [1.82, 2.24) is 10.3 Å². The van der Waals surface area contributed by atoms with E-state index in [1.807, 2.05) is 12.3 Å². The zero-order valence-electron chi connectivity index (χ0n) is 9.12. The molecule has 2 nitrogen and oxygen atoms in total. The molecule has 2 atom stereocenters. The third kappa shape index (κ3) is 1.87. The molecular weight excluding hydrogens is 220 g/mol. The summed E-state index contributed by atoms with van der Waals surface area (Å²) in [7, 11) is 0. The largest absolute Gasteiger partial charge is 0.316 e. The number of piperidine rings is 1. The Hall–Kier alpha value is -0.860. The lowest BCUT2D eigenvalue weighted by Crippen LogP contribution is -2.33. The minimum Gasteiger partial charge on any atom is -0.316 e. The van der Waals surface area contributed by atoms with Crippen molar-refractivity contribution < 1.29 is 0 Å². The lowest BCUT2D eigenvalue weighted by molar-refractivity contribution is 0.323. The second kappa shape index (κ2) is 4.19. The van der Waals surface area contributed by atoms with Gasteiger partial charge in [-0.2, -0.15) is 0 Å². The van der Waals surface area contributed by atoms with Gasteiger partial charge < -0.3 is 5.32 Å². The molecule has 0 radical (unpaired) electrons. The van der Waals surface area contributed by atoms with Crippen LogP contribution >= 0.6 is 11.6 Å². The molecule has 0 spiro atoms. The van der Waals surface area contributed by atoms with Crippen molar-refractivity contribution in [1.29, 1.82) is 0 Å². The van der Waals surface area contributed by atoms with E-state index in [9.17, 15) is 0 Å². The molecule has 0 saturated carbocycles. The molecule has 1 saturated heterocycles. The molecule has 84 valence electrons. The van der Waals surface area contributed by atoms with Crippen molar-refractivity contribution in [2.75, 3.05) is 13.1 Å². The van der Waals surface area contributed by atoms with Gasteiger partial charge in [-0.1, -0.05) is 17.7 Å².